The Bertz CT molecular complexity index is 1010. The highest BCUT2D eigenvalue weighted by atomic mass is 79.9. The molecule has 0 spiro atoms. The molecule has 2 aromatic carbocycles. The Morgan fingerprint density at radius 2 is 1.65 bits per heavy atom. The van der Waals surface area contributed by atoms with Crippen molar-refractivity contribution in [1.82, 2.24) is 4.90 Å². The minimum absolute atomic E-state index is 0.0411. The number of halogens is 7. The molecule has 0 unspecified atom stereocenters. The molecule has 2 aromatic rings. The molecule has 0 radical (unpaired) electrons. The van der Waals surface area contributed by atoms with Gasteiger partial charge in [0.25, 0.3) is 5.91 Å². The molecule has 0 aliphatic carbocycles. The van der Waals surface area contributed by atoms with Crippen LogP contribution in [-0.2, 0) is 11.3 Å². The molecule has 0 N–H and O–H groups in total. The molecule has 0 aromatic heterocycles. The average Bonchev–Trinajstić information content (AvgIpc) is 2.84. The molecule has 5 nitrogen and oxygen atoms in total. The molecule has 0 saturated carbocycles. The van der Waals surface area contributed by atoms with Gasteiger partial charge in [0.15, 0.2) is 0 Å². The number of alkyl halides is 6. The highest BCUT2D eigenvalue weighted by Crippen LogP contribution is 2.33. The number of carbonyl (C=O) groups is 2. The molecule has 0 bridgehead atoms. The second kappa shape index (κ2) is 8.40. The topological polar surface area (TPSA) is 49.9 Å². The van der Waals surface area contributed by atoms with Gasteiger partial charge in [-0.25, -0.2) is 0 Å². The van der Waals surface area contributed by atoms with Gasteiger partial charge in [-0.3, -0.25) is 9.59 Å². The zero-order valence-electron chi connectivity index (χ0n) is 15.4. The van der Waals surface area contributed by atoms with Crippen LogP contribution in [0.15, 0.2) is 46.9 Å². The van der Waals surface area contributed by atoms with E-state index < -0.39 is 42.2 Å². The molecule has 3 rings (SSSR count). The first-order chi connectivity index (χ1) is 14.4. The number of ether oxygens (including phenoxy) is 1. The lowest BCUT2D eigenvalue weighted by atomic mass is 10.1. The molecular weight excluding hydrogens is 498 g/mol. The minimum Gasteiger partial charge on any atom is -0.405 e. The van der Waals surface area contributed by atoms with E-state index in [0.29, 0.717) is 9.37 Å². The van der Waals surface area contributed by atoms with Crippen LogP contribution < -0.4 is 9.64 Å². The first-order valence-electron chi connectivity index (χ1n) is 8.68. The van der Waals surface area contributed by atoms with Crippen LogP contribution in [0.4, 0.5) is 32.0 Å². The summed E-state index contributed by atoms with van der Waals surface area (Å²) in [4.78, 5) is 26.5. The fraction of sp³-hybridized carbons (Fsp3) is 0.263. The summed E-state index contributed by atoms with van der Waals surface area (Å²) in [5, 5.41) is 0. The summed E-state index contributed by atoms with van der Waals surface area (Å²) in [5.41, 5.74) is -0.236. The van der Waals surface area contributed by atoms with Crippen molar-refractivity contribution in [3.8, 4) is 5.75 Å². The molecule has 1 heterocycles. The summed E-state index contributed by atoms with van der Waals surface area (Å²) >= 11 is 3.18. The Morgan fingerprint density at radius 3 is 2.29 bits per heavy atom. The van der Waals surface area contributed by atoms with Gasteiger partial charge in [0.05, 0.1) is 5.56 Å². The third-order valence-corrected chi connectivity index (χ3v) is 4.90. The largest absolute Gasteiger partial charge is 0.573 e. The smallest absolute Gasteiger partial charge is 0.405 e. The van der Waals surface area contributed by atoms with E-state index in [4.69, 9.17) is 0 Å². The van der Waals surface area contributed by atoms with E-state index in [1.54, 1.807) is 0 Å². The van der Waals surface area contributed by atoms with Crippen LogP contribution in [0.3, 0.4) is 0 Å². The number of benzene rings is 2. The van der Waals surface area contributed by atoms with E-state index in [1.807, 2.05) is 0 Å². The number of carbonyl (C=O) groups excluding carboxylic acids is 2. The number of para-hydroxylation sites is 1. The molecule has 0 saturated heterocycles. The summed E-state index contributed by atoms with van der Waals surface area (Å²) < 4.78 is 81.6. The van der Waals surface area contributed by atoms with Crippen LogP contribution >= 0.6 is 15.9 Å². The van der Waals surface area contributed by atoms with Gasteiger partial charge in [-0.1, -0.05) is 28.1 Å². The van der Waals surface area contributed by atoms with Crippen molar-refractivity contribution in [3.63, 3.8) is 0 Å². The number of hydrogen-bond donors (Lipinski definition) is 0. The summed E-state index contributed by atoms with van der Waals surface area (Å²) in [7, 11) is 0. The lowest BCUT2D eigenvalue weighted by molar-refractivity contribution is -0.274. The van der Waals surface area contributed by atoms with E-state index in [1.165, 1.54) is 30.3 Å². The highest BCUT2D eigenvalue weighted by Gasteiger charge is 2.44. The highest BCUT2D eigenvalue weighted by molar-refractivity contribution is 9.10. The third-order valence-electron chi connectivity index (χ3n) is 4.41. The molecule has 1 aliphatic heterocycles. The predicted molar refractivity (Wildman–Crippen MR) is 100 cm³/mol. The average molecular weight is 511 g/mol. The Hall–Kier alpha value is -2.76. The third kappa shape index (κ3) is 5.30. The van der Waals surface area contributed by atoms with E-state index in [-0.39, 0.29) is 24.3 Å². The van der Waals surface area contributed by atoms with Gasteiger partial charge in [0, 0.05) is 29.8 Å². The van der Waals surface area contributed by atoms with Gasteiger partial charge in [0.2, 0.25) is 0 Å². The van der Waals surface area contributed by atoms with E-state index in [2.05, 4.69) is 20.7 Å². The van der Waals surface area contributed by atoms with Crippen molar-refractivity contribution in [2.24, 2.45) is 0 Å². The van der Waals surface area contributed by atoms with Crippen molar-refractivity contribution in [1.29, 1.82) is 0 Å². The fourth-order valence-electron chi connectivity index (χ4n) is 3.13. The Kier molecular flexibility index (Phi) is 6.21. The van der Waals surface area contributed by atoms with Crippen LogP contribution in [0.1, 0.15) is 15.9 Å². The molecule has 1 aliphatic rings. The normalized spacial score (nSPS) is 14.7. The number of hydrogen-bond acceptors (Lipinski definition) is 3. The quantitative estimate of drug-likeness (QED) is 0.540. The molecule has 0 atom stereocenters. The standard InChI is InChI=1S/C19H13BrF6N2O3/c20-12-5-6-14-11(9-12)10-27(7-8-28(14)17(30)18(21,22)23)16(29)13-3-1-2-4-15(13)31-19(24,25)26/h1-6,9H,7-8,10H2. The zero-order valence-corrected chi connectivity index (χ0v) is 17.0. The van der Waals surface area contributed by atoms with Crippen LogP contribution in [0.5, 0.6) is 5.75 Å². The lowest BCUT2D eigenvalue weighted by Crippen LogP contribution is -2.44. The number of rotatable bonds is 2. The van der Waals surface area contributed by atoms with Crippen LogP contribution in [0.2, 0.25) is 0 Å². The second-order valence-electron chi connectivity index (χ2n) is 6.50. The summed E-state index contributed by atoms with van der Waals surface area (Å²) in [5.74, 6) is -3.72. The summed E-state index contributed by atoms with van der Waals surface area (Å²) in [6.45, 7) is -1.07. The maximum atomic E-state index is 13.1. The zero-order chi connectivity index (χ0) is 23.0. The number of amides is 2. The maximum Gasteiger partial charge on any atom is 0.573 e. The Morgan fingerprint density at radius 1 is 0.968 bits per heavy atom. The van der Waals surface area contributed by atoms with Crippen LogP contribution in [0.25, 0.3) is 0 Å². The fourth-order valence-corrected chi connectivity index (χ4v) is 3.54. The molecule has 0 fully saturated rings. The molecule has 31 heavy (non-hydrogen) atoms. The second-order valence-corrected chi connectivity index (χ2v) is 7.41. The van der Waals surface area contributed by atoms with Crippen molar-refractivity contribution in [2.75, 3.05) is 18.0 Å². The van der Waals surface area contributed by atoms with Crippen molar-refractivity contribution < 1.29 is 40.7 Å². The summed E-state index contributed by atoms with van der Waals surface area (Å²) in [6.07, 6.45) is -10.2. The molecule has 166 valence electrons. The Labute approximate surface area is 180 Å². The van der Waals surface area contributed by atoms with Crippen LogP contribution in [-0.4, -0.2) is 42.3 Å². The van der Waals surface area contributed by atoms with Crippen molar-refractivity contribution >= 4 is 33.4 Å². The van der Waals surface area contributed by atoms with Crippen molar-refractivity contribution in [2.45, 2.75) is 19.1 Å². The monoisotopic (exact) mass is 510 g/mol. The first kappa shape index (κ1) is 22.9. The van der Waals surface area contributed by atoms with E-state index in [9.17, 15) is 35.9 Å². The molecule has 2 amide bonds. The SMILES string of the molecule is O=C(c1ccccc1OC(F)(F)F)N1CCN(C(=O)C(F)(F)F)c2ccc(Br)cc2C1. The van der Waals surface area contributed by atoms with Gasteiger partial charge in [-0.05, 0) is 35.9 Å². The predicted octanol–water partition coefficient (Wildman–Crippen LogP) is 4.90. The molecular formula is C19H13BrF6N2O3. The number of anilines is 1. The van der Waals surface area contributed by atoms with Gasteiger partial charge in [-0.15, -0.1) is 13.2 Å². The van der Waals surface area contributed by atoms with Crippen molar-refractivity contribution in [3.05, 3.63) is 58.1 Å². The van der Waals surface area contributed by atoms with E-state index >= 15 is 0 Å². The van der Waals surface area contributed by atoms with Gasteiger partial charge in [0.1, 0.15) is 5.75 Å². The molecule has 12 heteroatoms. The van der Waals surface area contributed by atoms with Gasteiger partial charge >= 0.3 is 18.4 Å². The van der Waals surface area contributed by atoms with E-state index in [0.717, 1.165) is 17.0 Å². The summed E-state index contributed by atoms with van der Waals surface area (Å²) in [6, 6.07) is 8.85. The first-order valence-corrected chi connectivity index (χ1v) is 9.47. The van der Waals surface area contributed by atoms with Crippen LogP contribution in [0, 0.1) is 0 Å². The minimum atomic E-state index is -5.14. The number of fused-ring (bicyclic) bond motifs is 1. The van der Waals surface area contributed by atoms with Gasteiger partial charge < -0.3 is 14.5 Å². The van der Waals surface area contributed by atoms with Gasteiger partial charge in [-0.2, -0.15) is 13.2 Å². The lowest BCUT2D eigenvalue weighted by Gasteiger charge is -2.24. The Balaban J connectivity index is 1.97. The maximum absolute atomic E-state index is 13.1. The number of nitrogens with zero attached hydrogens (tertiary/aromatic N) is 2.